The average Bonchev–Trinajstić information content (AvgIpc) is 3.21. The number of aliphatic carboxylic acids is 1. The maximum Gasteiger partial charge on any atom is 0.308 e. The summed E-state index contributed by atoms with van der Waals surface area (Å²) in [6.45, 7) is 2.71. The van der Waals surface area contributed by atoms with Crippen LogP contribution in [0.1, 0.15) is 28.8 Å². The van der Waals surface area contributed by atoms with E-state index in [-0.39, 0.29) is 11.8 Å². The second-order valence-electron chi connectivity index (χ2n) is 6.25. The molecule has 118 valence electrons. The Kier molecular flexibility index (Phi) is 4.21. The molecule has 22 heavy (non-hydrogen) atoms. The molecule has 4 nitrogen and oxygen atoms in total. The van der Waals surface area contributed by atoms with Gasteiger partial charge < -0.3 is 10.0 Å². The molecule has 1 aliphatic heterocycles. The summed E-state index contributed by atoms with van der Waals surface area (Å²) in [4.78, 5) is 25.8. The van der Waals surface area contributed by atoms with Crippen molar-refractivity contribution in [3.63, 3.8) is 0 Å². The molecule has 0 radical (unpaired) electrons. The van der Waals surface area contributed by atoms with Crippen molar-refractivity contribution in [3.8, 4) is 0 Å². The maximum atomic E-state index is 12.7. The Morgan fingerprint density at radius 3 is 2.55 bits per heavy atom. The van der Waals surface area contributed by atoms with Gasteiger partial charge >= 0.3 is 5.97 Å². The van der Waals surface area contributed by atoms with Gasteiger partial charge in [0.25, 0.3) is 5.91 Å². The molecule has 1 N–H and O–H groups in total. The normalized spacial score (nSPS) is 24.6. The van der Waals surface area contributed by atoms with Crippen LogP contribution in [0.15, 0.2) is 16.6 Å². The Morgan fingerprint density at radius 2 is 2.00 bits per heavy atom. The highest BCUT2D eigenvalue weighted by molar-refractivity contribution is 9.10. The van der Waals surface area contributed by atoms with E-state index in [0.29, 0.717) is 29.6 Å². The van der Waals surface area contributed by atoms with Gasteiger partial charge in [-0.2, -0.15) is 0 Å². The number of rotatable bonds is 3. The number of carbonyl (C=O) groups is 2. The first-order valence-electron chi connectivity index (χ1n) is 7.36. The SMILES string of the molecule is Cc1cc(C(=O)N2C[C@H](C(=O)O)[C@@H](C3CC3)C2)cc(Cl)c1Br. The predicted octanol–water partition coefficient (Wildman–Crippen LogP) is 3.59. The lowest BCUT2D eigenvalue weighted by Gasteiger charge is -2.17. The maximum absolute atomic E-state index is 12.7. The average molecular weight is 387 g/mol. The zero-order chi connectivity index (χ0) is 16.0. The van der Waals surface area contributed by atoms with Crippen LogP contribution in [0.3, 0.4) is 0 Å². The standard InChI is InChI=1S/C16H17BrClNO3/c1-8-4-10(5-13(18)14(8)17)15(20)19-6-11(9-2-3-9)12(7-19)16(21)22/h4-5,9,11-12H,2-3,6-7H2,1H3,(H,21,22)/t11-,12+/m1/s1. The minimum Gasteiger partial charge on any atom is -0.481 e. The molecule has 1 aromatic rings. The zero-order valence-electron chi connectivity index (χ0n) is 12.2. The molecule has 6 heteroatoms. The molecule has 1 aliphatic carbocycles. The van der Waals surface area contributed by atoms with Crippen molar-refractivity contribution in [3.05, 3.63) is 32.8 Å². The summed E-state index contributed by atoms with van der Waals surface area (Å²) < 4.78 is 0.784. The van der Waals surface area contributed by atoms with Crippen LogP contribution < -0.4 is 0 Å². The largest absolute Gasteiger partial charge is 0.481 e. The molecule has 2 aliphatic rings. The number of aryl methyl sites for hydroxylation is 1. The second kappa shape index (κ2) is 5.85. The van der Waals surface area contributed by atoms with Crippen molar-refractivity contribution < 1.29 is 14.7 Å². The van der Waals surface area contributed by atoms with Crippen molar-refractivity contribution in [1.29, 1.82) is 0 Å². The lowest BCUT2D eigenvalue weighted by molar-refractivity contribution is -0.142. The predicted molar refractivity (Wildman–Crippen MR) is 87.1 cm³/mol. The van der Waals surface area contributed by atoms with Gasteiger partial charge in [-0.15, -0.1) is 0 Å². The highest BCUT2D eigenvalue weighted by Crippen LogP contribution is 2.44. The quantitative estimate of drug-likeness (QED) is 0.863. The van der Waals surface area contributed by atoms with Crippen LogP contribution in [-0.4, -0.2) is 35.0 Å². The molecular formula is C16H17BrClNO3. The van der Waals surface area contributed by atoms with E-state index in [0.717, 1.165) is 22.9 Å². The van der Waals surface area contributed by atoms with Crippen LogP contribution in [0.25, 0.3) is 0 Å². The lowest BCUT2D eigenvalue weighted by Crippen LogP contribution is -2.30. The smallest absolute Gasteiger partial charge is 0.308 e. The fourth-order valence-corrected chi connectivity index (χ4v) is 3.79. The van der Waals surface area contributed by atoms with E-state index in [4.69, 9.17) is 11.6 Å². The fourth-order valence-electron chi connectivity index (χ4n) is 3.29. The molecule has 1 saturated carbocycles. The molecule has 1 aromatic carbocycles. The number of hydrogen-bond acceptors (Lipinski definition) is 2. The molecule has 2 fully saturated rings. The van der Waals surface area contributed by atoms with Crippen molar-refractivity contribution in [1.82, 2.24) is 4.90 Å². The van der Waals surface area contributed by atoms with E-state index in [1.807, 2.05) is 6.92 Å². The minimum atomic E-state index is -0.794. The Hall–Kier alpha value is -1.07. The van der Waals surface area contributed by atoms with Gasteiger partial charge in [0, 0.05) is 23.1 Å². The first-order chi connectivity index (χ1) is 10.4. The molecule has 0 bridgehead atoms. The third kappa shape index (κ3) is 2.88. The van der Waals surface area contributed by atoms with Crippen LogP contribution in [0.4, 0.5) is 0 Å². The van der Waals surface area contributed by atoms with Crippen molar-refractivity contribution >= 4 is 39.4 Å². The monoisotopic (exact) mass is 385 g/mol. The highest BCUT2D eigenvalue weighted by Gasteiger charge is 2.46. The van der Waals surface area contributed by atoms with Crippen LogP contribution in [-0.2, 0) is 4.79 Å². The molecule has 1 saturated heterocycles. The van der Waals surface area contributed by atoms with Crippen LogP contribution in [0, 0.1) is 24.7 Å². The fraction of sp³-hybridized carbons (Fsp3) is 0.500. The summed E-state index contributed by atoms with van der Waals surface area (Å²) >= 11 is 9.50. The molecule has 3 rings (SSSR count). The summed E-state index contributed by atoms with van der Waals surface area (Å²) in [6, 6.07) is 3.43. The zero-order valence-corrected chi connectivity index (χ0v) is 14.5. The number of hydrogen-bond donors (Lipinski definition) is 1. The van der Waals surface area contributed by atoms with Crippen molar-refractivity contribution in [2.45, 2.75) is 19.8 Å². The van der Waals surface area contributed by atoms with Crippen LogP contribution >= 0.6 is 27.5 Å². The summed E-state index contributed by atoms with van der Waals surface area (Å²) in [6.07, 6.45) is 2.17. The third-order valence-electron chi connectivity index (χ3n) is 4.65. The van der Waals surface area contributed by atoms with Gasteiger partial charge in [-0.1, -0.05) is 11.6 Å². The number of carboxylic acids is 1. The molecule has 1 heterocycles. The Balaban J connectivity index is 1.82. The molecule has 0 spiro atoms. The van der Waals surface area contributed by atoms with Gasteiger partial charge in [0.05, 0.1) is 10.9 Å². The van der Waals surface area contributed by atoms with Gasteiger partial charge in [-0.05, 0) is 65.2 Å². The molecule has 1 amide bonds. The van der Waals surface area contributed by atoms with Gasteiger partial charge in [-0.3, -0.25) is 9.59 Å². The minimum absolute atomic E-state index is 0.0912. The summed E-state index contributed by atoms with van der Waals surface area (Å²) in [5.41, 5.74) is 1.41. The van der Waals surface area contributed by atoms with E-state index in [2.05, 4.69) is 15.9 Å². The van der Waals surface area contributed by atoms with Crippen LogP contribution in [0.5, 0.6) is 0 Å². The molecule has 0 aromatic heterocycles. The van der Waals surface area contributed by atoms with Gasteiger partial charge in [0.1, 0.15) is 0 Å². The number of nitrogens with zero attached hydrogens (tertiary/aromatic N) is 1. The van der Waals surface area contributed by atoms with Crippen molar-refractivity contribution in [2.24, 2.45) is 17.8 Å². The van der Waals surface area contributed by atoms with Gasteiger partial charge in [0.15, 0.2) is 0 Å². The van der Waals surface area contributed by atoms with Gasteiger partial charge in [-0.25, -0.2) is 0 Å². The summed E-state index contributed by atoms with van der Waals surface area (Å²) in [7, 11) is 0. The summed E-state index contributed by atoms with van der Waals surface area (Å²) in [5.74, 6) is -0.810. The lowest BCUT2D eigenvalue weighted by atomic mass is 9.92. The number of halogens is 2. The number of likely N-dealkylation sites (tertiary alicyclic amines) is 1. The van der Waals surface area contributed by atoms with E-state index in [1.165, 1.54) is 0 Å². The number of carboxylic acid groups (broad SMARTS) is 1. The first kappa shape index (κ1) is 15.8. The third-order valence-corrected chi connectivity index (χ3v) is 6.23. The number of benzene rings is 1. The van der Waals surface area contributed by atoms with E-state index in [1.54, 1.807) is 17.0 Å². The van der Waals surface area contributed by atoms with E-state index in [9.17, 15) is 14.7 Å². The van der Waals surface area contributed by atoms with E-state index < -0.39 is 11.9 Å². The Morgan fingerprint density at radius 1 is 1.32 bits per heavy atom. The first-order valence-corrected chi connectivity index (χ1v) is 8.53. The second-order valence-corrected chi connectivity index (χ2v) is 7.45. The van der Waals surface area contributed by atoms with Crippen molar-refractivity contribution in [2.75, 3.05) is 13.1 Å². The van der Waals surface area contributed by atoms with Crippen LogP contribution in [0.2, 0.25) is 5.02 Å². The van der Waals surface area contributed by atoms with E-state index >= 15 is 0 Å². The number of carbonyl (C=O) groups excluding carboxylic acids is 1. The molecule has 2 atom stereocenters. The molecular weight excluding hydrogens is 370 g/mol. The Labute approximate surface area is 142 Å². The topological polar surface area (TPSA) is 57.6 Å². The summed E-state index contributed by atoms with van der Waals surface area (Å²) in [5, 5.41) is 9.89. The highest BCUT2D eigenvalue weighted by atomic mass is 79.9. The Bertz CT molecular complexity index is 621. The molecule has 0 unspecified atom stereocenters. The number of amides is 1. The van der Waals surface area contributed by atoms with Gasteiger partial charge in [0.2, 0.25) is 0 Å².